The molecule has 0 spiro atoms. The maximum absolute atomic E-state index is 3.47. The van der Waals surface area contributed by atoms with Crippen molar-refractivity contribution < 1.29 is 17.0 Å². The summed E-state index contributed by atoms with van der Waals surface area (Å²) in [7, 11) is 0. The quantitative estimate of drug-likeness (QED) is 0.720. The largest absolute Gasteiger partial charge is 1.00 e. The number of rotatable bonds is 5. The van der Waals surface area contributed by atoms with Crippen molar-refractivity contribution in [3.05, 3.63) is 64.4 Å². The Morgan fingerprint density at radius 1 is 0.950 bits per heavy atom. The molecule has 1 nitrogen and oxygen atoms in total. The highest BCUT2D eigenvalue weighted by Gasteiger charge is 2.09. The van der Waals surface area contributed by atoms with Gasteiger partial charge in [0.1, 0.15) is 0 Å². The highest BCUT2D eigenvalue weighted by Crippen LogP contribution is 2.21. The Bertz CT molecular complexity index is 504. The third-order valence-electron chi connectivity index (χ3n) is 3.65. The van der Waals surface area contributed by atoms with Crippen LogP contribution in [0.3, 0.4) is 0 Å². The summed E-state index contributed by atoms with van der Waals surface area (Å²) >= 11 is 3.47. The number of hydrogen-bond acceptors (Lipinski definition) is 0. The van der Waals surface area contributed by atoms with E-state index in [1.54, 1.807) is 0 Å². The zero-order valence-corrected chi connectivity index (χ0v) is 14.4. The van der Waals surface area contributed by atoms with Crippen molar-refractivity contribution in [3.8, 4) is 0 Å². The van der Waals surface area contributed by atoms with Crippen LogP contribution < -0.4 is 17.0 Å². The molecule has 0 atom stereocenters. The van der Waals surface area contributed by atoms with Crippen LogP contribution in [-0.4, -0.2) is 0 Å². The lowest BCUT2D eigenvalue weighted by atomic mass is 9.95. The van der Waals surface area contributed by atoms with Gasteiger partial charge in [-0.1, -0.05) is 41.9 Å². The molecule has 0 bridgehead atoms. The molecule has 3 heteroatoms. The number of aromatic nitrogens is 1. The third kappa shape index (κ3) is 4.60. The Hall–Kier alpha value is -0.860. The first kappa shape index (κ1) is 17.2. The van der Waals surface area contributed by atoms with Gasteiger partial charge in [-0.2, -0.15) is 0 Å². The minimum Gasteiger partial charge on any atom is -1.00 e. The van der Waals surface area contributed by atoms with E-state index in [9.17, 15) is 0 Å². The molecule has 0 aliphatic rings. The van der Waals surface area contributed by atoms with Crippen molar-refractivity contribution in [1.82, 2.24) is 0 Å². The lowest BCUT2D eigenvalue weighted by Crippen LogP contribution is -3.00. The summed E-state index contributed by atoms with van der Waals surface area (Å²) in [6.07, 6.45) is 6.81. The second kappa shape index (κ2) is 8.43. The second-order valence-corrected chi connectivity index (χ2v) is 5.86. The van der Waals surface area contributed by atoms with Crippen LogP contribution >= 0.6 is 15.9 Å². The number of hydrogen-bond donors (Lipinski definition) is 0. The molecule has 2 rings (SSSR count). The van der Waals surface area contributed by atoms with E-state index >= 15 is 0 Å². The van der Waals surface area contributed by atoms with Gasteiger partial charge in [-0.25, -0.2) is 4.57 Å². The van der Waals surface area contributed by atoms with Crippen molar-refractivity contribution in [2.45, 2.75) is 39.2 Å². The standard InChI is InChI=1S/C17H21BrN.ClH/c1-3-15(4-2)16-9-11-19(12-10-16)13-14-5-7-17(18)8-6-14;/h5-12,15H,3-4,13H2,1-2H3;1H/q+1;/p-1. The summed E-state index contributed by atoms with van der Waals surface area (Å²) in [4.78, 5) is 0. The predicted molar refractivity (Wildman–Crippen MR) is 83.2 cm³/mol. The summed E-state index contributed by atoms with van der Waals surface area (Å²) < 4.78 is 3.36. The number of benzene rings is 1. The Morgan fingerprint density at radius 3 is 2.00 bits per heavy atom. The van der Waals surface area contributed by atoms with Crippen LogP contribution in [0.5, 0.6) is 0 Å². The highest BCUT2D eigenvalue weighted by molar-refractivity contribution is 9.10. The molecule has 0 radical (unpaired) electrons. The minimum absolute atomic E-state index is 0. The molecular weight excluding hydrogens is 334 g/mol. The van der Waals surface area contributed by atoms with Gasteiger partial charge in [-0.05, 0) is 36.5 Å². The van der Waals surface area contributed by atoms with Crippen LogP contribution in [0, 0.1) is 0 Å². The summed E-state index contributed by atoms with van der Waals surface area (Å²) in [5, 5.41) is 0. The molecule has 0 N–H and O–H groups in total. The molecule has 0 aliphatic carbocycles. The molecule has 1 aromatic heterocycles. The second-order valence-electron chi connectivity index (χ2n) is 4.94. The molecule has 0 saturated heterocycles. The van der Waals surface area contributed by atoms with E-state index in [1.807, 2.05) is 0 Å². The van der Waals surface area contributed by atoms with Gasteiger partial charge in [0.2, 0.25) is 0 Å². The molecular formula is C17H21BrClN. The van der Waals surface area contributed by atoms with Gasteiger partial charge >= 0.3 is 0 Å². The van der Waals surface area contributed by atoms with Crippen molar-refractivity contribution in [2.75, 3.05) is 0 Å². The maximum Gasteiger partial charge on any atom is 0.173 e. The summed E-state index contributed by atoms with van der Waals surface area (Å²) in [6.45, 7) is 5.45. The Kier molecular flexibility index (Phi) is 7.25. The molecule has 0 fully saturated rings. The Labute approximate surface area is 136 Å². The van der Waals surface area contributed by atoms with Crippen LogP contribution in [0.1, 0.15) is 43.7 Å². The van der Waals surface area contributed by atoms with Crippen molar-refractivity contribution >= 4 is 15.9 Å². The maximum atomic E-state index is 3.47. The van der Waals surface area contributed by atoms with E-state index in [4.69, 9.17) is 0 Å². The fourth-order valence-electron chi connectivity index (χ4n) is 2.41. The first-order valence-electron chi connectivity index (χ1n) is 6.96. The molecule has 0 unspecified atom stereocenters. The summed E-state index contributed by atoms with van der Waals surface area (Å²) in [5.74, 6) is 0.697. The first-order chi connectivity index (χ1) is 9.22. The van der Waals surface area contributed by atoms with Gasteiger partial charge < -0.3 is 12.4 Å². The third-order valence-corrected chi connectivity index (χ3v) is 4.18. The van der Waals surface area contributed by atoms with E-state index in [1.165, 1.54) is 24.0 Å². The number of nitrogens with zero attached hydrogens (tertiary/aromatic N) is 1. The van der Waals surface area contributed by atoms with Crippen LogP contribution in [0.2, 0.25) is 0 Å². The monoisotopic (exact) mass is 353 g/mol. The molecule has 1 aromatic carbocycles. The lowest BCUT2D eigenvalue weighted by molar-refractivity contribution is -0.688. The molecule has 1 heterocycles. The zero-order valence-electron chi connectivity index (χ0n) is 12.0. The number of halogens is 2. The van der Waals surface area contributed by atoms with Gasteiger partial charge in [0.25, 0.3) is 0 Å². The number of pyridine rings is 1. The van der Waals surface area contributed by atoms with Gasteiger partial charge in [0.15, 0.2) is 18.9 Å². The smallest absolute Gasteiger partial charge is 0.173 e. The molecule has 0 amide bonds. The van der Waals surface area contributed by atoms with Gasteiger partial charge in [0.05, 0.1) is 0 Å². The van der Waals surface area contributed by atoms with E-state index in [0.29, 0.717) is 5.92 Å². The molecule has 2 aromatic rings. The highest BCUT2D eigenvalue weighted by atomic mass is 79.9. The van der Waals surface area contributed by atoms with Crippen LogP contribution in [0.4, 0.5) is 0 Å². The average molecular weight is 355 g/mol. The van der Waals surface area contributed by atoms with Gasteiger partial charge in [-0.15, -0.1) is 0 Å². The Balaban J connectivity index is 0.00000200. The summed E-state index contributed by atoms with van der Waals surface area (Å²) in [6, 6.07) is 13.0. The van der Waals surface area contributed by atoms with E-state index in [-0.39, 0.29) is 12.4 Å². The summed E-state index contributed by atoms with van der Waals surface area (Å²) in [5.41, 5.74) is 2.78. The molecule has 20 heavy (non-hydrogen) atoms. The van der Waals surface area contributed by atoms with Gasteiger partial charge in [0, 0.05) is 22.2 Å². The van der Waals surface area contributed by atoms with E-state index in [2.05, 4.69) is 83.1 Å². The van der Waals surface area contributed by atoms with Crippen molar-refractivity contribution in [3.63, 3.8) is 0 Å². The normalized spacial score (nSPS) is 10.4. The Morgan fingerprint density at radius 2 is 1.50 bits per heavy atom. The lowest BCUT2D eigenvalue weighted by Gasteiger charge is -2.11. The topological polar surface area (TPSA) is 3.88 Å². The average Bonchev–Trinajstić information content (AvgIpc) is 2.44. The van der Waals surface area contributed by atoms with E-state index in [0.717, 1.165) is 11.0 Å². The fraction of sp³-hybridized carbons (Fsp3) is 0.353. The van der Waals surface area contributed by atoms with Crippen LogP contribution in [0.15, 0.2) is 53.3 Å². The molecule has 0 aliphatic heterocycles. The predicted octanol–water partition coefficient (Wildman–Crippen LogP) is 1.69. The molecule has 108 valence electrons. The minimum atomic E-state index is 0. The molecule has 0 saturated carbocycles. The van der Waals surface area contributed by atoms with Crippen LogP contribution in [-0.2, 0) is 6.54 Å². The fourth-order valence-corrected chi connectivity index (χ4v) is 2.67. The zero-order chi connectivity index (χ0) is 13.7. The van der Waals surface area contributed by atoms with Crippen molar-refractivity contribution in [2.24, 2.45) is 0 Å². The van der Waals surface area contributed by atoms with Gasteiger partial charge in [-0.3, -0.25) is 0 Å². The SMILES string of the molecule is CCC(CC)c1cc[n+](Cc2ccc(Br)cc2)cc1.[Cl-]. The van der Waals surface area contributed by atoms with Crippen molar-refractivity contribution in [1.29, 1.82) is 0 Å². The van der Waals surface area contributed by atoms with Crippen LogP contribution in [0.25, 0.3) is 0 Å². The first-order valence-corrected chi connectivity index (χ1v) is 7.75. The van der Waals surface area contributed by atoms with E-state index < -0.39 is 0 Å².